The van der Waals surface area contributed by atoms with Crippen LogP contribution in [-0.2, 0) is 16.0 Å². The minimum atomic E-state index is -0.282. The number of hydrogen-bond donors (Lipinski definition) is 1. The molecule has 0 aromatic heterocycles. The first-order chi connectivity index (χ1) is 13.0. The van der Waals surface area contributed by atoms with Gasteiger partial charge >= 0.3 is 0 Å². The molecule has 1 N–H and O–H groups in total. The van der Waals surface area contributed by atoms with E-state index in [1.54, 1.807) is 19.1 Å². The average Bonchev–Trinajstić information content (AvgIpc) is 2.70. The van der Waals surface area contributed by atoms with E-state index in [4.69, 9.17) is 0 Å². The first-order valence-electron chi connectivity index (χ1n) is 9.41. The summed E-state index contributed by atoms with van der Waals surface area (Å²) in [6, 6.07) is 14.5. The predicted molar refractivity (Wildman–Crippen MR) is 104 cm³/mol. The van der Waals surface area contributed by atoms with Crippen LogP contribution in [0.1, 0.15) is 30.4 Å². The van der Waals surface area contributed by atoms with E-state index in [-0.39, 0.29) is 23.5 Å². The molecule has 0 spiro atoms. The van der Waals surface area contributed by atoms with Crippen molar-refractivity contribution in [3.8, 4) is 0 Å². The summed E-state index contributed by atoms with van der Waals surface area (Å²) >= 11 is 0. The summed E-state index contributed by atoms with van der Waals surface area (Å²) in [5.41, 5.74) is 2.28. The number of nitrogens with zero attached hydrogens (tertiary/aromatic N) is 1. The van der Waals surface area contributed by atoms with E-state index >= 15 is 0 Å². The van der Waals surface area contributed by atoms with Crippen LogP contribution in [0.25, 0.3) is 0 Å². The number of benzene rings is 2. The first kappa shape index (κ1) is 19.1. The highest BCUT2D eigenvalue weighted by atomic mass is 19.1. The normalized spacial score (nSPS) is 14.8. The molecule has 1 heterocycles. The van der Waals surface area contributed by atoms with Crippen molar-refractivity contribution in [2.24, 2.45) is 5.92 Å². The zero-order chi connectivity index (χ0) is 19.2. The Balaban J connectivity index is 1.45. The highest BCUT2D eigenvalue weighted by molar-refractivity contribution is 5.92. The third-order valence-corrected chi connectivity index (χ3v) is 5.11. The number of halogens is 1. The van der Waals surface area contributed by atoms with E-state index in [1.165, 1.54) is 6.07 Å². The Kier molecular flexibility index (Phi) is 6.22. The number of rotatable bonds is 5. The van der Waals surface area contributed by atoms with E-state index < -0.39 is 0 Å². The molecule has 1 saturated heterocycles. The number of hydrogen-bond acceptors (Lipinski definition) is 2. The number of carbonyl (C=O) groups is 2. The Hall–Kier alpha value is -2.69. The lowest BCUT2D eigenvalue weighted by molar-refractivity contribution is -0.134. The van der Waals surface area contributed by atoms with Crippen molar-refractivity contribution in [3.05, 3.63) is 65.5 Å². The lowest BCUT2D eigenvalue weighted by Gasteiger charge is -2.31. The number of likely N-dealkylation sites (tertiary alicyclic amines) is 1. The van der Waals surface area contributed by atoms with Gasteiger partial charge in [-0.2, -0.15) is 0 Å². The summed E-state index contributed by atoms with van der Waals surface area (Å²) < 4.78 is 13.3. The Morgan fingerprint density at radius 1 is 1.11 bits per heavy atom. The first-order valence-corrected chi connectivity index (χ1v) is 9.41. The molecule has 142 valence electrons. The molecule has 0 unspecified atom stereocenters. The molecule has 27 heavy (non-hydrogen) atoms. The molecule has 0 atom stereocenters. The van der Waals surface area contributed by atoms with Crippen LogP contribution < -0.4 is 5.32 Å². The van der Waals surface area contributed by atoms with Gasteiger partial charge in [0.25, 0.3) is 0 Å². The van der Waals surface area contributed by atoms with Gasteiger partial charge in [-0.05, 0) is 55.5 Å². The van der Waals surface area contributed by atoms with Crippen LogP contribution in [0, 0.1) is 18.7 Å². The molecular weight excluding hydrogens is 343 g/mol. The molecule has 0 bridgehead atoms. The third-order valence-electron chi connectivity index (χ3n) is 5.11. The fourth-order valence-electron chi connectivity index (χ4n) is 3.41. The minimum absolute atomic E-state index is 0.0580. The highest BCUT2D eigenvalue weighted by Gasteiger charge is 2.27. The number of aryl methyl sites for hydroxylation is 2. The summed E-state index contributed by atoms with van der Waals surface area (Å²) in [6.07, 6.45) is 2.55. The van der Waals surface area contributed by atoms with Crippen LogP contribution in [-0.4, -0.2) is 29.8 Å². The summed E-state index contributed by atoms with van der Waals surface area (Å²) in [7, 11) is 0. The number of amides is 2. The van der Waals surface area contributed by atoms with Crippen LogP contribution >= 0.6 is 0 Å². The second kappa shape index (κ2) is 8.80. The largest absolute Gasteiger partial charge is 0.343 e. The van der Waals surface area contributed by atoms with Gasteiger partial charge in [0.1, 0.15) is 5.82 Å². The molecule has 3 rings (SSSR count). The second-order valence-corrected chi connectivity index (χ2v) is 7.09. The van der Waals surface area contributed by atoms with Gasteiger partial charge in [-0.1, -0.05) is 30.3 Å². The SMILES string of the molecule is Cc1cc(NC(=O)C2CCN(C(=O)CCc3ccccc3)CC2)ccc1F. The summed E-state index contributed by atoms with van der Waals surface area (Å²) in [4.78, 5) is 26.7. The maximum atomic E-state index is 13.3. The highest BCUT2D eigenvalue weighted by Crippen LogP contribution is 2.21. The second-order valence-electron chi connectivity index (χ2n) is 7.09. The fourth-order valence-corrected chi connectivity index (χ4v) is 3.41. The molecular formula is C22H25FN2O2. The summed E-state index contributed by atoms with van der Waals surface area (Å²) in [5.74, 6) is -0.312. The molecule has 5 heteroatoms. The monoisotopic (exact) mass is 368 g/mol. The van der Waals surface area contributed by atoms with Crippen molar-refractivity contribution in [1.82, 2.24) is 4.90 Å². The van der Waals surface area contributed by atoms with Crippen molar-refractivity contribution < 1.29 is 14.0 Å². The number of piperidine rings is 1. The van der Waals surface area contributed by atoms with Crippen LogP contribution in [0.5, 0.6) is 0 Å². The van der Waals surface area contributed by atoms with Crippen LogP contribution in [0.15, 0.2) is 48.5 Å². The number of anilines is 1. The zero-order valence-electron chi connectivity index (χ0n) is 15.6. The quantitative estimate of drug-likeness (QED) is 0.869. The van der Waals surface area contributed by atoms with Gasteiger partial charge in [-0.15, -0.1) is 0 Å². The summed E-state index contributed by atoms with van der Waals surface area (Å²) in [6.45, 7) is 2.88. The molecule has 2 aromatic rings. The van der Waals surface area contributed by atoms with Gasteiger partial charge in [-0.25, -0.2) is 4.39 Å². The fraction of sp³-hybridized carbons (Fsp3) is 0.364. The molecule has 4 nitrogen and oxygen atoms in total. The van der Waals surface area contributed by atoms with Gasteiger partial charge in [0.05, 0.1) is 0 Å². The van der Waals surface area contributed by atoms with Gasteiger partial charge in [0, 0.05) is 31.1 Å². The van der Waals surface area contributed by atoms with Crippen molar-refractivity contribution in [2.75, 3.05) is 18.4 Å². The van der Waals surface area contributed by atoms with E-state index in [0.29, 0.717) is 43.6 Å². The van der Waals surface area contributed by atoms with Gasteiger partial charge < -0.3 is 10.2 Å². The molecule has 2 aromatic carbocycles. The Bertz CT molecular complexity index is 799. The molecule has 0 saturated carbocycles. The van der Waals surface area contributed by atoms with Crippen molar-refractivity contribution in [3.63, 3.8) is 0 Å². The molecule has 1 aliphatic heterocycles. The lowest BCUT2D eigenvalue weighted by atomic mass is 9.95. The predicted octanol–water partition coefficient (Wildman–Crippen LogP) is 3.94. The van der Waals surface area contributed by atoms with Crippen LogP contribution in [0.2, 0.25) is 0 Å². The van der Waals surface area contributed by atoms with Gasteiger partial charge in [-0.3, -0.25) is 9.59 Å². The Morgan fingerprint density at radius 2 is 1.81 bits per heavy atom. The number of carbonyl (C=O) groups excluding carboxylic acids is 2. The molecule has 1 fully saturated rings. The third kappa shape index (κ3) is 5.16. The van der Waals surface area contributed by atoms with Crippen molar-refractivity contribution in [1.29, 1.82) is 0 Å². The standard InChI is InChI=1S/C22H25FN2O2/c1-16-15-19(8-9-20(16)23)24-22(27)18-11-13-25(14-12-18)21(26)10-7-17-5-3-2-4-6-17/h2-6,8-9,15,18H,7,10-14H2,1H3,(H,24,27). The minimum Gasteiger partial charge on any atom is -0.343 e. The van der Waals surface area contributed by atoms with Crippen molar-refractivity contribution in [2.45, 2.75) is 32.6 Å². The van der Waals surface area contributed by atoms with E-state index in [2.05, 4.69) is 5.32 Å². The molecule has 2 amide bonds. The average molecular weight is 368 g/mol. The lowest BCUT2D eigenvalue weighted by Crippen LogP contribution is -2.41. The van der Waals surface area contributed by atoms with Crippen LogP contribution in [0.3, 0.4) is 0 Å². The molecule has 0 radical (unpaired) electrons. The van der Waals surface area contributed by atoms with E-state index in [0.717, 1.165) is 12.0 Å². The number of nitrogens with one attached hydrogen (secondary N) is 1. The van der Waals surface area contributed by atoms with Crippen LogP contribution in [0.4, 0.5) is 10.1 Å². The van der Waals surface area contributed by atoms with Crippen molar-refractivity contribution >= 4 is 17.5 Å². The topological polar surface area (TPSA) is 49.4 Å². The maximum absolute atomic E-state index is 13.3. The van der Waals surface area contributed by atoms with Gasteiger partial charge in [0.2, 0.25) is 11.8 Å². The zero-order valence-corrected chi connectivity index (χ0v) is 15.6. The summed E-state index contributed by atoms with van der Waals surface area (Å²) in [5, 5.41) is 2.86. The van der Waals surface area contributed by atoms with E-state index in [1.807, 2.05) is 35.2 Å². The smallest absolute Gasteiger partial charge is 0.227 e. The van der Waals surface area contributed by atoms with E-state index in [9.17, 15) is 14.0 Å². The molecule has 0 aliphatic carbocycles. The Labute approximate surface area is 159 Å². The molecule has 1 aliphatic rings. The Morgan fingerprint density at radius 3 is 2.48 bits per heavy atom. The maximum Gasteiger partial charge on any atom is 0.227 e. The van der Waals surface area contributed by atoms with Gasteiger partial charge in [0.15, 0.2) is 0 Å².